The first-order valence-corrected chi connectivity index (χ1v) is 3.86. The zero-order chi connectivity index (χ0) is 7.68. The Morgan fingerprint density at radius 2 is 2.64 bits per heavy atom. The van der Waals surface area contributed by atoms with Crippen molar-refractivity contribution in [3.8, 4) is 0 Å². The third-order valence-electron chi connectivity index (χ3n) is 2.18. The van der Waals surface area contributed by atoms with E-state index in [1.807, 2.05) is 10.7 Å². The highest BCUT2D eigenvalue weighted by Crippen LogP contribution is 2.16. The van der Waals surface area contributed by atoms with E-state index in [2.05, 4.69) is 5.10 Å². The lowest BCUT2D eigenvalue weighted by Crippen LogP contribution is -2.21. The topological polar surface area (TPSA) is 34.9 Å². The van der Waals surface area contributed by atoms with Gasteiger partial charge >= 0.3 is 0 Å². The second-order valence-corrected chi connectivity index (χ2v) is 2.94. The van der Waals surface area contributed by atoms with Crippen molar-refractivity contribution < 1.29 is 4.79 Å². The molecule has 0 fully saturated rings. The van der Waals surface area contributed by atoms with Crippen molar-refractivity contribution in [2.24, 2.45) is 5.92 Å². The summed E-state index contributed by atoms with van der Waals surface area (Å²) in [5.74, 6) is 0.183. The highest BCUT2D eigenvalue weighted by atomic mass is 16.1. The molecule has 3 nitrogen and oxygen atoms in total. The van der Waals surface area contributed by atoms with Gasteiger partial charge in [-0.25, -0.2) is 0 Å². The molecular weight excluding hydrogens is 140 g/mol. The molecule has 0 amide bonds. The number of aldehydes is 1. The largest absolute Gasteiger partial charge is 0.303 e. The minimum atomic E-state index is 0.183. The molecule has 11 heavy (non-hydrogen) atoms. The maximum absolute atomic E-state index is 10.5. The summed E-state index contributed by atoms with van der Waals surface area (Å²) in [6.07, 6.45) is 4.80. The molecule has 1 aromatic heterocycles. The molecule has 0 saturated carbocycles. The van der Waals surface area contributed by atoms with E-state index in [1.54, 1.807) is 6.20 Å². The number of carbonyl (C=O) groups is 1. The number of aryl methyl sites for hydroxylation is 1. The van der Waals surface area contributed by atoms with Crippen LogP contribution in [0, 0.1) is 5.92 Å². The molecule has 0 N–H and O–H groups in total. The molecule has 0 spiro atoms. The Balaban J connectivity index is 2.24. The fourth-order valence-electron chi connectivity index (χ4n) is 1.49. The maximum Gasteiger partial charge on any atom is 0.124 e. The summed E-state index contributed by atoms with van der Waals surface area (Å²) < 4.78 is 1.92. The van der Waals surface area contributed by atoms with Gasteiger partial charge in [0, 0.05) is 17.8 Å². The molecule has 1 aliphatic rings. The highest BCUT2D eigenvalue weighted by molar-refractivity contribution is 5.53. The van der Waals surface area contributed by atoms with Crippen LogP contribution in [0.25, 0.3) is 0 Å². The van der Waals surface area contributed by atoms with E-state index >= 15 is 0 Å². The standard InChI is InChI=1S/C8H10N2O/c11-6-7-1-2-8-3-4-9-10(8)5-7/h3-4,6-7H,1-2,5H2. The number of nitrogens with zero attached hydrogens (tertiary/aromatic N) is 2. The summed E-state index contributed by atoms with van der Waals surface area (Å²) in [6.45, 7) is 0.770. The van der Waals surface area contributed by atoms with Gasteiger partial charge < -0.3 is 4.79 Å². The summed E-state index contributed by atoms with van der Waals surface area (Å²) in [7, 11) is 0. The molecule has 1 atom stereocenters. The molecule has 0 radical (unpaired) electrons. The zero-order valence-electron chi connectivity index (χ0n) is 6.23. The first-order valence-electron chi connectivity index (χ1n) is 3.86. The summed E-state index contributed by atoms with van der Waals surface area (Å²) >= 11 is 0. The second-order valence-electron chi connectivity index (χ2n) is 2.94. The lowest BCUT2D eigenvalue weighted by Gasteiger charge is -2.18. The average Bonchev–Trinajstić information content (AvgIpc) is 2.50. The number of aromatic nitrogens is 2. The van der Waals surface area contributed by atoms with Crippen LogP contribution < -0.4 is 0 Å². The van der Waals surface area contributed by atoms with Crippen LogP contribution in [0.2, 0.25) is 0 Å². The van der Waals surface area contributed by atoms with Crippen molar-refractivity contribution in [2.75, 3.05) is 0 Å². The third-order valence-corrected chi connectivity index (χ3v) is 2.18. The smallest absolute Gasteiger partial charge is 0.124 e. The molecule has 58 valence electrons. The van der Waals surface area contributed by atoms with Gasteiger partial charge in [0.25, 0.3) is 0 Å². The van der Waals surface area contributed by atoms with E-state index in [4.69, 9.17) is 0 Å². The molecule has 2 rings (SSSR count). The Kier molecular flexibility index (Phi) is 1.49. The second kappa shape index (κ2) is 2.49. The van der Waals surface area contributed by atoms with Crippen molar-refractivity contribution in [3.05, 3.63) is 18.0 Å². The number of hydrogen-bond acceptors (Lipinski definition) is 2. The van der Waals surface area contributed by atoms with E-state index in [-0.39, 0.29) is 5.92 Å². The Morgan fingerprint density at radius 3 is 3.45 bits per heavy atom. The molecule has 1 unspecified atom stereocenters. The first-order chi connectivity index (χ1) is 5.40. The number of carbonyl (C=O) groups excluding carboxylic acids is 1. The summed E-state index contributed by atoms with van der Waals surface area (Å²) in [6, 6.07) is 2.01. The van der Waals surface area contributed by atoms with Crippen LogP contribution in [0.3, 0.4) is 0 Å². The highest BCUT2D eigenvalue weighted by Gasteiger charge is 2.17. The minimum Gasteiger partial charge on any atom is -0.303 e. The molecule has 0 bridgehead atoms. The minimum absolute atomic E-state index is 0.183. The summed E-state index contributed by atoms with van der Waals surface area (Å²) in [5, 5.41) is 4.11. The lowest BCUT2D eigenvalue weighted by molar-refractivity contribution is -0.111. The van der Waals surface area contributed by atoms with Gasteiger partial charge in [-0.05, 0) is 18.9 Å². The van der Waals surface area contributed by atoms with Gasteiger partial charge in [0.15, 0.2) is 0 Å². The van der Waals surface area contributed by atoms with Gasteiger partial charge in [-0.2, -0.15) is 5.10 Å². The van der Waals surface area contributed by atoms with E-state index < -0.39 is 0 Å². The van der Waals surface area contributed by atoms with E-state index in [0.29, 0.717) is 0 Å². The summed E-state index contributed by atoms with van der Waals surface area (Å²) in [4.78, 5) is 10.5. The van der Waals surface area contributed by atoms with Crippen LogP contribution in [0.5, 0.6) is 0 Å². The monoisotopic (exact) mass is 150 g/mol. The van der Waals surface area contributed by atoms with E-state index in [0.717, 1.165) is 25.7 Å². The van der Waals surface area contributed by atoms with E-state index in [1.165, 1.54) is 5.69 Å². The molecule has 3 heteroatoms. The van der Waals surface area contributed by atoms with Gasteiger partial charge in [0.05, 0.1) is 6.54 Å². The molecule has 1 aliphatic heterocycles. The van der Waals surface area contributed by atoms with Crippen LogP contribution in [0.1, 0.15) is 12.1 Å². The predicted molar refractivity (Wildman–Crippen MR) is 40.1 cm³/mol. The zero-order valence-corrected chi connectivity index (χ0v) is 6.23. The molecule has 2 heterocycles. The number of fused-ring (bicyclic) bond motifs is 1. The average molecular weight is 150 g/mol. The van der Waals surface area contributed by atoms with Crippen molar-refractivity contribution in [3.63, 3.8) is 0 Å². The van der Waals surface area contributed by atoms with Crippen LogP contribution in [0.4, 0.5) is 0 Å². The quantitative estimate of drug-likeness (QED) is 0.551. The first kappa shape index (κ1) is 6.58. The van der Waals surface area contributed by atoms with Gasteiger partial charge in [0.1, 0.15) is 6.29 Å². The molecule has 0 saturated heterocycles. The molecule has 0 aliphatic carbocycles. The van der Waals surface area contributed by atoms with Crippen molar-refractivity contribution in [2.45, 2.75) is 19.4 Å². The van der Waals surface area contributed by atoms with Crippen LogP contribution in [-0.4, -0.2) is 16.1 Å². The van der Waals surface area contributed by atoms with Crippen LogP contribution in [-0.2, 0) is 17.8 Å². The van der Waals surface area contributed by atoms with Crippen molar-refractivity contribution in [1.82, 2.24) is 9.78 Å². The SMILES string of the molecule is O=CC1CCc2ccnn2C1. The van der Waals surface area contributed by atoms with Crippen molar-refractivity contribution >= 4 is 6.29 Å². The van der Waals surface area contributed by atoms with Gasteiger partial charge in [0.2, 0.25) is 0 Å². The van der Waals surface area contributed by atoms with Crippen molar-refractivity contribution in [1.29, 1.82) is 0 Å². The fraction of sp³-hybridized carbons (Fsp3) is 0.500. The van der Waals surface area contributed by atoms with Crippen LogP contribution >= 0.6 is 0 Å². The predicted octanol–water partition coefficient (Wildman–Crippen LogP) is 0.644. The maximum atomic E-state index is 10.5. The Bertz CT molecular complexity index is 267. The van der Waals surface area contributed by atoms with Crippen LogP contribution in [0.15, 0.2) is 12.3 Å². The van der Waals surface area contributed by atoms with Gasteiger partial charge in [-0.15, -0.1) is 0 Å². The van der Waals surface area contributed by atoms with E-state index in [9.17, 15) is 4.79 Å². The fourth-order valence-corrected chi connectivity index (χ4v) is 1.49. The summed E-state index contributed by atoms with van der Waals surface area (Å²) in [5.41, 5.74) is 1.25. The Morgan fingerprint density at radius 1 is 1.73 bits per heavy atom. The normalized spacial score (nSPS) is 22.7. The molecular formula is C8H10N2O. The Hall–Kier alpha value is -1.12. The van der Waals surface area contributed by atoms with Gasteiger partial charge in [-0.3, -0.25) is 4.68 Å². The molecule has 0 aromatic carbocycles. The lowest BCUT2D eigenvalue weighted by atomic mass is 10.0. The molecule has 1 aromatic rings. The third kappa shape index (κ3) is 1.06. The number of hydrogen-bond donors (Lipinski definition) is 0. The number of rotatable bonds is 1. The van der Waals surface area contributed by atoms with Gasteiger partial charge in [-0.1, -0.05) is 0 Å². The Labute approximate surface area is 65.0 Å².